The van der Waals surface area contributed by atoms with E-state index in [-0.39, 0.29) is 19.1 Å². The molecule has 0 amide bonds. The Balaban J connectivity index is 0.000000288. The molecule has 0 aliphatic heterocycles. The van der Waals surface area contributed by atoms with Crippen molar-refractivity contribution in [3.63, 3.8) is 0 Å². The van der Waals surface area contributed by atoms with E-state index < -0.39 is 12.0 Å². The Hall–Kier alpha value is -0.650. The van der Waals surface area contributed by atoms with Crippen LogP contribution in [0, 0.1) is 5.92 Å². The summed E-state index contributed by atoms with van der Waals surface area (Å²) in [5.74, 6) is -0.631. The number of carbonyl (C=O) groups is 1. The van der Waals surface area contributed by atoms with Gasteiger partial charge in [0.05, 0.1) is 25.2 Å². The lowest BCUT2D eigenvalue weighted by Crippen LogP contribution is -2.27. The highest BCUT2D eigenvalue weighted by Crippen LogP contribution is 2.23. The van der Waals surface area contributed by atoms with Crippen LogP contribution < -0.4 is 5.73 Å². The van der Waals surface area contributed by atoms with Gasteiger partial charge in [-0.2, -0.15) is 0 Å². The van der Waals surface area contributed by atoms with Gasteiger partial charge < -0.3 is 21.1 Å². The summed E-state index contributed by atoms with van der Waals surface area (Å²) < 4.78 is 0. The number of nitrogens with two attached hydrogens (primary N) is 1. The number of aliphatic hydroxyl groups excluding tert-OH is 2. The van der Waals surface area contributed by atoms with Gasteiger partial charge in [0.2, 0.25) is 0 Å². The lowest BCUT2D eigenvalue weighted by molar-refractivity contribution is -0.142. The molecule has 5 heteroatoms. The van der Waals surface area contributed by atoms with E-state index in [1.165, 1.54) is 6.42 Å². The van der Waals surface area contributed by atoms with Crippen molar-refractivity contribution in [3.8, 4) is 0 Å². The summed E-state index contributed by atoms with van der Waals surface area (Å²) in [5, 5.41) is 24.6. The molecular weight excluding hydrogens is 198 g/mol. The van der Waals surface area contributed by atoms with Gasteiger partial charge in [-0.05, 0) is 12.8 Å². The van der Waals surface area contributed by atoms with Gasteiger partial charge in [-0.1, -0.05) is 19.3 Å². The maximum atomic E-state index is 10.4. The smallest absolute Gasteiger partial charge is 0.306 e. The highest BCUT2D eigenvalue weighted by molar-refractivity contribution is 5.69. The minimum Gasteiger partial charge on any atom is -0.481 e. The summed E-state index contributed by atoms with van der Waals surface area (Å²) in [6, 6.07) is -0.454. The van der Waals surface area contributed by atoms with Crippen molar-refractivity contribution in [2.75, 3.05) is 13.2 Å². The van der Waals surface area contributed by atoms with E-state index in [9.17, 15) is 4.79 Å². The molecule has 1 aliphatic carbocycles. The van der Waals surface area contributed by atoms with Crippen molar-refractivity contribution in [2.24, 2.45) is 11.7 Å². The highest BCUT2D eigenvalue weighted by atomic mass is 16.4. The van der Waals surface area contributed by atoms with Crippen molar-refractivity contribution in [3.05, 3.63) is 0 Å². The molecule has 0 heterocycles. The van der Waals surface area contributed by atoms with Crippen molar-refractivity contribution >= 4 is 5.97 Å². The molecule has 0 saturated heterocycles. The molecule has 5 N–H and O–H groups in total. The second kappa shape index (κ2) is 8.64. The van der Waals surface area contributed by atoms with Crippen LogP contribution in [0.3, 0.4) is 0 Å². The zero-order valence-electron chi connectivity index (χ0n) is 8.93. The van der Waals surface area contributed by atoms with Gasteiger partial charge in [-0.25, -0.2) is 0 Å². The van der Waals surface area contributed by atoms with Crippen LogP contribution in [0.5, 0.6) is 0 Å². The Morgan fingerprint density at radius 3 is 1.87 bits per heavy atom. The van der Waals surface area contributed by atoms with Crippen LogP contribution >= 0.6 is 0 Å². The van der Waals surface area contributed by atoms with E-state index in [0.717, 1.165) is 25.7 Å². The standard InChI is InChI=1S/C7H12O2.C3H9NO2/c8-7(9)6-4-2-1-3-5-6;4-3(1-5)2-6/h6H,1-5H2,(H,8,9);3,5-6H,1-2,4H2. The Morgan fingerprint density at radius 2 is 1.67 bits per heavy atom. The van der Waals surface area contributed by atoms with Crippen LogP contribution in [-0.2, 0) is 4.79 Å². The summed E-state index contributed by atoms with van der Waals surface area (Å²) in [4.78, 5) is 10.4. The number of hydrogen-bond donors (Lipinski definition) is 4. The fraction of sp³-hybridized carbons (Fsp3) is 0.900. The highest BCUT2D eigenvalue weighted by Gasteiger charge is 2.19. The van der Waals surface area contributed by atoms with E-state index in [2.05, 4.69) is 0 Å². The zero-order chi connectivity index (χ0) is 11.7. The molecule has 0 bridgehead atoms. The fourth-order valence-corrected chi connectivity index (χ4v) is 1.41. The van der Waals surface area contributed by atoms with Crippen molar-refractivity contribution in [1.82, 2.24) is 0 Å². The average Bonchev–Trinajstić information content (AvgIpc) is 2.30. The molecule has 1 rings (SSSR count). The van der Waals surface area contributed by atoms with E-state index in [1.807, 2.05) is 0 Å². The van der Waals surface area contributed by atoms with Gasteiger partial charge in [0.25, 0.3) is 0 Å². The summed E-state index contributed by atoms with van der Waals surface area (Å²) in [5.41, 5.74) is 4.97. The van der Waals surface area contributed by atoms with Gasteiger partial charge in [0.1, 0.15) is 0 Å². The molecule has 0 spiro atoms. The Bertz CT molecular complexity index is 165. The summed E-state index contributed by atoms with van der Waals surface area (Å²) in [6.07, 6.45) is 5.24. The third-order valence-corrected chi connectivity index (χ3v) is 2.42. The van der Waals surface area contributed by atoms with E-state index in [0.29, 0.717) is 0 Å². The monoisotopic (exact) mass is 219 g/mol. The molecule has 5 nitrogen and oxygen atoms in total. The molecule has 0 radical (unpaired) electrons. The first-order chi connectivity index (χ1) is 7.11. The van der Waals surface area contributed by atoms with Gasteiger partial charge >= 0.3 is 5.97 Å². The van der Waals surface area contributed by atoms with Crippen molar-refractivity contribution < 1.29 is 20.1 Å². The Morgan fingerprint density at radius 1 is 1.20 bits per heavy atom. The van der Waals surface area contributed by atoms with Gasteiger partial charge in [0, 0.05) is 0 Å². The van der Waals surface area contributed by atoms with Gasteiger partial charge in [-0.3, -0.25) is 4.79 Å². The number of carboxylic acid groups (broad SMARTS) is 1. The minimum absolute atomic E-state index is 0.0289. The maximum Gasteiger partial charge on any atom is 0.306 e. The summed E-state index contributed by atoms with van der Waals surface area (Å²) >= 11 is 0. The number of aliphatic carboxylic acids is 1. The summed E-state index contributed by atoms with van der Waals surface area (Å²) in [7, 11) is 0. The van der Waals surface area contributed by atoms with Crippen molar-refractivity contribution in [1.29, 1.82) is 0 Å². The first kappa shape index (κ1) is 14.3. The SMILES string of the molecule is NC(CO)CO.O=C(O)C1CCCCC1. The van der Waals surface area contributed by atoms with Crippen LogP contribution in [-0.4, -0.2) is 40.5 Å². The van der Waals surface area contributed by atoms with E-state index in [1.54, 1.807) is 0 Å². The van der Waals surface area contributed by atoms with Crippen LogP contribution in [0.25, 0.3) is 0 Å². The molecule has 0 aromatic heterocycles. The van der Waals surface area contributed by atoms with E-state index >= 15 is 0 Å². The first-order valence-corrected chi connectivity index (χ1v) is 5.32. The number of hydrogen-bond acceptors (Lipinski definition) is 4. The second-order valence-electron chi connectivity index (χ2n) is 3.80. The molecule has 1 saturated carbocycles. The molecule has 0 aromatic rings. The quantitative estimate of drug-likeness (QED) is 0.533. The van der Waals surface area contributed by atoms with Crippen LogP contribution in [0.4, 0.5) is 0 Å². The molecule has 0 unspecified atom stereocenters. The lowest BCUT2D eigenvalue weighted by Gasteiger charge is -2.16. The summed E-state index contributed by atoms with van der Waals surface area (Å²) in [6.45, 7) is -0.285. The molecule has 0 aromatic carbocycles. The molecular formula is C10H21NO4. The molecule has 15 heavy (non-hydrogen) atoms. The van der Waals surface area contributed by atoms with E-state index in [4.69, 9.17) is 21.1 Å². The van der Waals surface area contributed by atoms with Crippen molar-refractivity contribution in [2.45, 2.75) is 38.1 Å². The van der Waals surface area contributed by atoms with Crippen LogP contribution in [0.2, 0.25) is 0 Å². The molecule has 1 aliphatic rings. The first-order valence-electron chi connectivity index (χ1n) is 5.32. The number of carboxylic acids is 1. The normalized spacial score (nSPS) is 17.1. The average molecular weight is 219 g/mol. The minimum atomic E-state index is -0.602. The Labute approximate surface area is 89.9 Å². The third kappa shape index (κ3) is 7.30. The predicted molar refractivity (Wildman–Crippen MR) is 56.4 cm³/mol. The molecule has 90 valence electrons. The zero-order valence-corrected chi connectivity index (χ0v) is 8.93. The van der Waals surface area contributed by atoms with Crippen LogP contribution in [0.1, 0.15) is 32.1 Å². The predicted octanol–water partition coefficient (Wildman–Crippen LogP) is -0.0504. The molecule has 1 fully saturated rings. The lowest BCUT2D eigenvalue weighted by atomic mass is 9.90. The third-order valence-electron chi connectivity index (χ3n) is 2.42. The number of rotatable bonds is 3. The molecule has 0 atom stereocenters. The second-order valence-corrected chi connectivity index (χ2v) is 3.80. The largest absolute Gasteiger partial charge is 0.481 e. The topological polar surface area (TPSA) is 104 Å². The van der Waals surface area contributed by atoms with Crippen LogP contribution in [0.15, 0.2) is 0 Å². The number of aliphatic hydroxyl groups is 2. The van der Waals surface area contributed by atoms with Gasteiger partial charge in [-0.15, -0.1) is 0 Å². The fourth-order valence-electron chi connectivity index (χ4n) is 1.41. The van der Waals surface area contributed by atoms with Gasteiger partial charge in [0.15, 0.2) is 0 Å². The Kier molecular flexibility index (Phi) is 8.27. The maximum absolute atomic E-state index is 10.4.